The number of aryl methyl sites for hydroxylation is 1. The lowest BCUT2D eigenvalue weighted by atomic mass is 10.1. The molecule has 3 rings (SSSR count). The van der Waals surface area contributed by atoms with Crippen LogP contribution in [-0.2, 0) is 15.8 Å². The number of rotatable bonds is 3. The predicted octanol–water partition coefficient (Wildman–Crippen LogP) is 4.46. The van der Waals surface area contributed by atoms with Crippen molar-refractivity contribution in [1.82, 2.24) is 0 Å². The summed E-state index contributed by atoms with van der Waals surface area (Å²) in [7, 11) is 0. The van der Waals surface area contributed by atoms with Gasteiger partial charge in [0.05, 0.1) is 16.5 Å². The molecule has 0 unspecified atom stereocenters. The molecule has 0 spiro atoms. The van der Waals surface area contributed by atoms with Crippen molar-refractivity contribution < 1.29 is 22.8 Å². The van der Waals surface area contributed by atoms with Gasteiger partial charge in [0, 0.05) is 17.0 Å². The minimum atomic E-state index is -4.48. The highest BCUT2D eigenvalue weighted by molar-refractivity contribution is 8.01. The Labute approximate surface area is 152 Å². The van der Waals surface area contributed by atoms with Gasteiger partial charge < -0.3 is 10.6 Å². The molecular weight excluding hydrogens is 365 g/mol. The summed E-state index contributed by atoms with van der Waals surface area (Å²) < 4.78 is 38.3. The number of hydrogen-bond acceptors (Lipinski definition) is 3. The maximum atomic E-state index is 12.8. The van der Waals surface area contributed by atoms with Crippen LogP contribution >= 0.6 is 11.8 Å². The van der Waals surface area contributed by atoms with Gasteiger partial charge in [-0.3, -0.25) is 9.59 Å². The van der Waals surface area contributed by atoms with Gasteiger partial charge in [-0.2, -0.15) is 13.2 Å². The number of carbonyl (C=O) groups is 2. The molecule has 2 aromatic carbocycles. The number of carbonyl (C=O) groups excluding carboxylic acids is 2. The highest BCUT2D eigenvalue weighted by Gasteiger charge is 2.34. The monoisotopic (exact) mass is 380 g/mol. The molecule has 1 atom stereocenters. The minimum Gasteiger partial charge on any atom is -0.326 e. The maximum Gasteiger partial charge on any atom is 0.416 e. The number of anilines is 2. The first kappa shape index (κ1) is 18.3. The van der Waals surface area contributed by atoms with Gasteiger partial charge in [-0.15, -0.1) is 11.8 Å². The van der Waals surface area contributed by atoms with E-state index in [2.05, 4.69) is 10.6 Å². The first-order valence-corrected chi connectivity index (χ1v) is 8.65. The van der Waals surface area contributed by atoms with Crippen molar-refractivity contribution in [2.45, 2.75) is 29.7 Å². The Morgan fingerprint density at radius 3 is 2.69 bits per heavy atom. The van der Waals surface area contributed by atoms with Gasteiger partial charge in [0.15, 0.2) is 0 Å². The molecule has 0 radical (unpaired) electrons. The van der Waals surface area contributed by atoms with Crippen LogP contribution < -0.4 is 10.6 Å². The molecule has 2 N–H and O–H groups in total. The third-order valence-corrected chi connectivity index (χ3v) is 5.07. The number of hydrogen-bond donors (Lipinski definition) is 2. The molecule has 1 aliphatic heterocycles. The highest BCUT2D eigenvalue weighted by Crippen LogP contribution is 2.40. The second-order valence-corrected chi connectivity index (χ2v) is 7.17. The molecule has 2 aromatic rings. The van der Waals surface area contributed by atoms with Crippen LogP contribution in [0.25, 0.3) is 0 Å². The molecular formula is C18H15F3N2O2S. The van der Waals surface area contributed by atoms with Crippen LogP contribution in [0.2, 0.25) is 0 Å². The minimum absolute atomic E-state index is 0.0785. The van der Waals surface area contributed by atoms with Crippen LogP contribution in [0, 0.1) is 6.92 Å². The van der Waals surface area contributed by atoms with Crippen LogP contribution in [0.4, 0.5) is 24.5 Å². The molecule has 0 fully saturated rings. The van der Waals surface area contributed by atoms with E-state index in [1.165, 1.54) is 6.07 Å². The van der Waals surface area contributed by atoms with Gasteiger partial charge in [0.25, 0.3) is 0 Å². The summed E-state index contributed by atoms with van der Waals surface area (Å²) in [6.45, 7) is 1.90. The van der Waals surface area contributed by atoms with Crippen LogP contribution in [0.3, 0.4) is 0 Å². The van der Waals surface area contributed by atoms with Gasteiger partial charge in [-0.1, -0.05) is 12.1 Å². The van der Waals surface area contributed by atoms with E-state index in [1.54, 1.807) is 12.1 Å². The van der Waals surface area contributed by atoms with Crippen LogP contribution in [-0.4, -0.2) is 17.1 Å². The fraction of sp³-hybridized carbons (Fsp3) is 0.222. The largest absolute Gasteiger partial charge is 0.416 e. The number of alkyl halides is 3. The summed E-state index contributed by atoms with van der Waals surface area (Å²) in [5.74, 6) is -0.820. The number of halogens is 3. The van der Waals surface area contributed by atoms with Crippen LogP contribution in [0.5, 0.6) is 0 Å². The van der Waals surface area contributed by atoms with Crippen molar-refractivity contribution in [1.29, 1.82) is 0 Å². The molecule has 8 heteroatoms. The van der Waals surface area contributed by atoms with Crippen molar-refractivity contribution in [3.8, 4) is 0 Å². The summed E-state index contributed by atoms with van der Waals surface area (Å²) in [6.07, 6.45) is -4.56. The van der Waals surface area contributed by atoms with Gasteiger partial charge >= 0.3 is 6.18 Å². The fourth-order valence-electron chi connectivity index (χ4n) is 2.56. The van der Waals surface area contributed by atoms with Crippen molar-refractivity contribution in [3.05, 3.63) is 53.6 Å². The van der Waals surface area contributed by atoms with E-state index in [4.69, 9.17) is 0 Å². The van der Waals surface area contributed by atoms with E-state index in [1.807, 2.05) is 19.1 Å². The second-order valence-electron chi connectivity index (χ2n) is 5.93. The number of nitrogens with one attached hydrogen (secondary N) is 2. The molecule has 0 saturated carbocycles. The SMILES string of the molecule is Cc1cccc(NC(=O)C[C@H]2Sc3ccc(C(F)(F)F)cc3NC2=O)c1. The Bertz CT molecular complexity index is 868. The summed E-state index contributed by atoms with van der Waals surface area (Å²) in [4.78, 5) is 24.9. The van der Waals surface area contributed by atoms with E-state index in [0.717, 1.165) is 29.5 Å². The molecule has 1 heterocycles. The lowest BCUT2D eigenvalue weighted by molar-refractivity contribution is -0.137. The lowest BCUT2D eigenvalue weighted by Gasteiger charge is -2.24. The molecule has 0 aliphatic carbocycles. The molecule has 26 heavy (non-hydrogen) atoms. The van der Waals surface area contributed by atoms with Crippen molar-refractivity contribution in [2.75, 3.05) is 10.6 Å². The Morgan fingerprint density at radius 2 is 2.00 bits per heavy atom. The number of thioether (sulfide) groups is 1. The molecule has 0 saturated heterocycles. The Morgan fingerprint density at radius 1 is 1.23 bits per heavy atom. The van der Waals surface area contributed by atoms with Crippen molar-refractivity contribution in [2.24, 2.45) is 0 Å². The average molecular weight is 380 g/mol. The van der Waals surface area contributed by atoms with Gasteiger partial charge in [-0.05, 0) is 42.8 Å². The van der Waals surface area contributed by atoms with E-state index >= 15 is 0 Å². The number of benzene rings is 2. The number of amides is 2. The molecule has 136 valence electrons. The van der Waals surface area contributed by atoms with E-state index in [0.29, 0.717) is 10.6 Å². The van der Waals surface area contributed by atoms with E-state index in [9.17, 15) is 22.8 Å². The van der Waals surface area contributed by atoms with E-state index < -0.39 is 22.9 Å². The molecule has 0 bridgehead atoms. The van der Waals surface area contributed by atoms with E-state index in [-0.39, 0.29) is 18.0 Å². The first-order chi connectivity index (χ1) is 12.2. The summed E-state index contributed by atoms with van der Waals surface area (Å²) in [5.41, 5.74) is 0.909. The molecule has 4 nitrogen and oxygen atoms in total. The number of fused-ring (bicyclic) bond motifs is 1. The zero-order valence-corrected chi connectivity index (χ0v) is 14.5. The van der Waals surface area contributed by atoms with Crippen LogP contribution in [0.1, 0.15) is 17.5 Å². The van der Waals surface area contributed by atoms with Gasteiger partial charge in [0.1, 0.15) is 0 Å². The molecule has 0 aromatic heterocycles. The maximum absolute atomic E-state index is 12.8. The van der Waals surface area contributed by atoms with Gasteiger partial charge in [-0.25, -0.2) is 0 Å². The fourth-order valence-corrected chi connectivity index (χ4v) is 3.66. The quantitative estimate of drug-likeness (QED) is 0.827. The smallest absolute Gasteiger partial charge is 0.326 e. The lowest BCUT2D eigenvalue weighted by Crippen LogP contribution is -2.32. The Kier molecular flexibility index (Phi) is 4.95. The van der Waals surface area contributed by atoms with Crippen LogP contribution in [0.15, 0.2) is 47.4 Å². The Hall–Kier alpha value is -2.48. The summed E-state index contributed by atoms with van der Waals surface area (Å²) in [6, 6.07) is 10.4. The normalized spacial score (nSPS) is 16.6. The summed E-state index contributed by atoms with van der Waals surface area (Å²) in [5, 5.41) is 4.48. The van der Waals surface area contributed by atoms with Crippen molar-refractivity contribution >= 4 is 35.0 Å². The highest BCUT2D eigenvalue weighted by atomic mass is 32.2. The molecule has 1 aliphatic rings. The zero-order chi connectivity index (χ0) is 18.9. The Balaban J connectivity index is 1.69. The second kappa shape index (κ2) is 7.03. The van der Waals surface area contributed by atoms with Gasteiger partial charge in [0.2, 0.25) is 11.8 Å². The van der Waals surface area contributed by atoms with Crippen molar-refractivity contribution in [3.63, 3.8) is 0 Å². The summed E-state index contributed by atoms with van der Waals surface area (Å²) >= 11 is 1.09. The average Bonchev–Trinajstić information content (AvgIpc) is 2.54. The molecule has 2 amide bonds. The zero-order valence-electron chi connectivity index (χ0n) is 13.7. The third kappa shape index (κ3) is 4.19. The predicted molar refractivity (Wildman–Crippen MR) is 94.1 cm³/mol. The third-order valence-electron chi connectivity index (χ3n) is 3.80. The topological polar surface area (TPSA) is 58.2 Å². The standard InChI is InChI=1S/C18H15F3N2O2S/c1-10-3-2-4-12(7-10)22-16(24)9-15-17(25)23-13-8-11(18(19,20)21)5-6-14(13)26-15/h2-8,15H,9H2,1H3,(H,22,24)(H,23,25)/t15-/m1/s1. The first-order valence-electron chi connectivity index (χ1n) is 7.77.